The van der Waals surface area contributed by atoms with Gasteiger partial charge in [-0.3, -0.25) is 0 Å². The standard InChI is InChI=1S/C60H53N3O/c1-36-29-38(3)56-50(30-36)57-62(53-35-46(40-19-14-11-15-20-40)37(2)31-47(53)41-23-25-43(26-24-41)58(4,5)6)51-22-16-21-45-48-33-44(59(7,8)9)34-49-52-32-42(39-17-12-10-13-18-39)27-28-61(52)60(64-56,54(48)49)63(57)55(45)51/h10-35H,1-9H3/q+2/i10D,12D,13D,17D,18D. The Kier molecular flexibility index (Phi) is 6.94. The molecule has 0 saturated carbocycles. The third kappa shape index (κ3) is 5.35. The fraction of sp³-hybridized carbons (Fsp3) is 0.200. The van der Waals surface area contributed by atoms with E-state index in [2.05, 4.69) is 185 Å². The van der Waals surface area contributed by atoms with E-state index >= 15 is 0 Å². The molecule has 9 aromatic rings. The van der Waals surface area contributed by atoms with Crippen LogP contribution in [0.5, 0.6) is 5.75 Å². The summed E-state index contributed by atoms with van der Waals surface area (Å²) < 4.78 is 58.6. The molecule has 2 aromatic heterocycles. The lowest BCUT2D eigenvalue weighted by atomic mass is 9.80. The Morgan fingerprint density at radius 3 is 2.02 bits per heavy atom. The number of imidazole rings is 1. The Morgan fingerprint density at radius 1 is 0.562 bits per heavy atom. The predicted octanol–water partition coefficient (Wildman–Crippen LogP) is 14.0. The third-order valence-electron chi connectivity index (χ3n) is 13.8. The van der Waals surface area contributed by atoms with Crippen LogP contribution in [0.25, 0.3) is 83.9 Å². The summed E-state index contributed by atoms with van der Waals surface area (Å²) in [5.41, 5.74) is 19.7. The summed E-state index contributed by atoms with van der Waals surface area (Å²) in [6, 6.07) is 42.5. The zero-order chi connectivity index (χ0) is 48.4. The van der Waals surface area contributed by atoms with E-state index in [1.807, 2.05) is 18.3 Å². The maximum atomic E-state index is 9.02. The van der Waals surface area contributed by atoms with Gasteiger partial charge in [-0.2, -0.15) is 4.57 Å². The minimum absolute atomic E-state index is 0.00833. The Morgan fingerprint density at radius 2 is 1.28 bits per heavy atom. The summed E-state index contributed by atoms with van der Waals surface area (Å²) in [4.78, 5) is 0. The first-order valence-corrected chi connectivity index (χ1v) is 22.3. The molecule has 1 atom stereocenters. The average molecular weight is 837 g/mol. The number of rotatable bonds is 4. The molecule has 1 spiro atoms. The monoisotopic (exact) mass is 836 g/mol. The molecule has 0 N–H and O–H groups in total. The predicted molar refractivity (Wildman–Crippen MR) is 261 cm³/mol. The molecule has 312 valence electrons. The van der Waals surface area contributed by atoms with E-state index in [0.717, 1.165) is 101 Å². The van der Waals surface area contributed by atoms with Gasteiger partial charge in [0.05, 0.1) is 12.4 Å². The van der Waals surface area contributed by atoms with Gasteiger partial charge in [-0.05, 0) is 130 Å². The smallest absolute Gasteiger partial charge is 0.392 e. The van der Waals surface area contributed by atoms with E-state index in [1.54, 1.807) is 0 Å². The number of pyridine rings is 1. The summed E-state index contributed by atoms with van der Waals surface area (Å²) in [6.07, 6.45) is 2.00. The second-order valence-electron chi connectivity index (χ2n) is 20.1. The van der Waals surface area contributed by atoms with Crippen molar-refractivity contribution in [1.29, 1.82) is 0 Å². The normalized spacial score (nSPS) is 16.5. The highest BCUT2D eigenvalue weighted by molar-refractivity contribution is 5.99. The number of aromatic nitrogens is 3. The van der Waals surface area contributed by atoms with Crippen LogP contribution in [0.4, 0.5) is 0 Å². The van der Waals surface area contributed by atoms with Gasteiger partial charge >= 0.3 is 11.7 Å². The van der Waals surface area contributed by atoms with Gasteiger partial charge in [-0.25, -0.2) is 0 Å². The molecule has 64 heavy (non-hydrogen) atoms. The molecule has 0 aliphatic carbocycles. The Balaban J connectivity index is 1.26. The summed E-state index contributed by atoms with van der Waals surface area (Å²) in [5.74, 6) is 0.495. The van der Waals surface area contributed by atoms with Gasteiger partial charge in [-0.15, -0.1) is 9.13 Å². The second kappa shape index (κ2) is 13.2. The fourth-order valence-electron chi connectivity index (χ4n) is 10.7. The first-order chi connectivity index (χ1) is 32.8. The number of ether oxygens (including phenoxy) is 1. The van der Waals surface area contributed by atoms with Crippen LogP contribution < -0.4 is 13.9 Å². The molecule has 0 radical (unpaired) electrons. The molecule has 3 aliphatic rings. The summed E-state index contributed by atoms with van der Waals surface area (Å²) in [7, 11) is 0. The molecule has 1 unspecified atom stereocenters. The highest BCUT2D eigenvalue weighted by Crippen LogP contribution is 2.55. The van der Waals surface area contributed by atoms with E-state index in [1.165, 1.54) is 11.1 Å². The topological polar surface area (TPSA) is 21.9 Å². The van der Waals surface area contributed by atoms with Crippen molar-refractivity contribution < 1.29 is 20.7 Å². The van der Waals surface area contributed by atoms with Crippen molar-refractivity contribution in [1.82, 2.24) is 4.57 Å². The molecule has 4 heteroatoms. The highest BCUT2D eigenvalue weighted by atomic mass is 16.5. The molecule has 3 aliphatic heterocycles. The molecule has 0 amide bonds. The number of benzene rings is 7. The minimum atomic E-state index is -1.27. The number of nitrogens with zero attached hydrogens (tertiary/aromatic N) is 3. The van der Waals surface area contributed by atoms with E-state index in [4.69, 9.17) is 11.6 Å². The van der Waals surface area contributed by atoms with Crippen molar-refractivity contribution in [2.24, 2.45) is 0 Å². The van der Waals surface area contributed by atoms with Gasteiger partial charge < -0.3 is 4.74 Å². The SMILES string of the molecule is [2H]c1c([2H])c([2H])c(-c2cc[n+]3c(c2)-c2cc(C(C)(C)C)cc4c2C32Oc3c(C)cc(C)cc3-c3n(-c5cc(-c6ccccc6)c(C)cc5-c5ccc(C(C)(C)C)cc5)c5cccc-4c5[n+]32)c([2H])c1[2H]. The molecule has 12 rings (SSSR count). The first kappa shape index (κ1) is 33.5. The van der Waals surface area contributed by atoms with E-state index in [9.17, 15) is 0 Å². The summed E-state index contributed by atoms with van der Waals surface area (Å²) >= 11 is 0. The number of para-hydroxylation sites is 1. The molecule has 0 fully saturated rings. The number of fused-ring (bicyclic) bond motifs is 5. The Labute approximate surface area is 383 Å². The maximum absolute atomic E-state index is 9.02. The lowest BCUT2D eigenvalue weighted by Gasteiger charge is -2.33. The van der Waals surface area contributed by atoms with Crippen LogP contribution >= 0.6 is 0 Å². The van der Waals surface area contributed by atoms with Crippen LogP contribution in [-0.2, 0) is 16.7 Å². The van der Waals surface area contributed by atoms with Crippen molar-refractivity contribution in [2.75, 3.05) is 0 Å². The average Bonchev–Trinajstić information content (AvgIpc) is 3.81. The number of hydrogen-bond acceptors (Lipinski definition) is 1. The maximum Gasteiger partial charge on any atom is 0.499 e. The lowest BCUT2D eigenvalue weighted by molar-refractivity contribution is -0.997. The number of hydrogen-bond donors (Lipinski definition) is 0. The van der Waals surface area contributed by atoms with Crippen LogP contribution in [0.15, 0.2) is 158 Å². The minimum Gasteiger partial charge on any atom is -0.392 e. The van der Waals surface area contributed by atoms with E-state index in [-0.39, 0.29) is 40.6 Å². The summed E-state index contributed by atoms with van der Waals surface area (Å²) in [6.45, 7) is 20.0. The zero-order valence-corrected chi connectivity index (χ0v) is 37.9. The highest BCUT2D eigenvalue weighted by Gasteiger charge is 2.69. The Bertz CT molecular complexity index is 3720. The van der Waals surface area contributed by atoms with Crippen molar-refractivity contribution in [2.45, 2.75) is 79.0 Å². The van der Waals surface area contributed by atoms with Gasteiger partial charge in [0.2, 0.25) is 5.69 Å². The molecule has 7 aromatic carbocycles. The molecule has 0 bridgehead atoms. The van der Waals surface area contributed by atoms with Crippen molar-refractivity contribution in [3.05, 3.63) is 191 Å². The van der Waals surface area contributed by atoms with Gasteiger partial charge in [0.15, 0.2) is 23.0 Å². The van der Waals surface area contributed by atoms with Crippen molar-refractivity contribution in [3.8, 4) is 78.6 Å². The lowest BCUT2D eigenvalue weighted by Crippen LogP contribution is -2.78. The van der Waals surface area contributed by atoms with Crippen molar-refractivity contribution in [3.63, 3.8) is 0 Å². The molecule has 0 saturated heterocycles. The van der Waals surface area contributed by atoms with Crippen LogP contribution in [0, 0.1) is 20.8 Å². The summed E-state index contributed by atoms with van der Waals surface area (Å²) in [5, 5.41) is 0. The molecular formula is C60H53N3O+2. The fourth-order valence-corrected chi connectivity index (χ4v) is 10.7. The van der Waals surface area contributed by atoms with Gasteiger partial charge in [0.25, 0.3) is 0 Å². The van der Waals surface area contributed by atoms with E-state index < -0.39 is 11.9 Å². The van der Waals surface area contributed by atoms with Gasteiger partial charge in [0.1, 0.15) is 16.8 Å². The second-order valence-corrected chi connectivity index (χ2v) is 20.1. The van der Waals surface area contributed by atoms with Crippen LogP contribution in [0.3, 0.4) is 0 Å². The van der Waals surface area contributed by atoms with Crippen LogP contribution in [-0.4, -0.2) is 4.57 Å². The zero-order valence-electron chi connectivity index (χ0n) is 42.9. The van der Waals surface area contributed by atoms with Crippen LogP contribution in [0.2, 0.25) is 0 Å². The quantitative estimate of drug-likeness (QED) is 0.162. The first-order valence-electron chi connectivity index (χ1n) is 24.8. The van der Waals surface area contributed by atoms with Gasteiger partial charge in [-0.1, -0.05) is 138 Å². The van der Waals surface area contributed by atoms with Crippen LogP contribution in [0.1, 0.15) is 81.8 Å². The number of aryl methyl sites for hydroxylation is 3. The van der Waals surface area contributed by atoms with Gasteiger partial charge in [0, 0.05) is 28.8 Å². The molecule has 5 heterocycles. The van der Waals surface area contributed by atoms with E-state index in [0.29, 0.717) is 5.56 Å². The molecule has 4 nitrogen and oxygen atoms in total. The molecular weight excluding hydrogens is 779 g/mol. The van der Waals surface area contributed by atoms with Crippen molar-refractivity contribution >= 4 is 11.0 Å². The third-order valence-corrected chi connectivity index (χ3v) is 13.8. The Hall–Kier alpha value is -7.04. The largest absolute Gasteiger partial charge is 0.499 e.